The molecule has 0 spiro atoms. The molecule has 1 saturated heterocycles. The van der Waals surface area contributed by atoms with Crippen LogP contribution in [-0.4, -0.2) is 46.6 Å². The first-order chi connectivity index (χ1) is 10.1. The minimum absolute atomic E-state index is 0.0465. The third-order valence-corrected chi connectivity index (χ3v) is 5.35. The third-order valence-electron chi connectivity index (χ3n) is 5.35. The molecule has 1 aliphatic heterocycles. The van der Waals surface area contributed by atoms with Crippen LogP contribution in [0.25, 0.3) is 0 Å². The lowest BCUT2D eigenvalue weighted by molar-refractivity contribution is -0.130. The lowest BCUT2D eigenvalue weighted by Crippen LogP contribution is -2.47. The van der Waals surface area contributed by atoms with Gasteiger partial charge in [0.1, 0.15) is 0 Å². The first-order valence-electron chi connectivity index (χ1n) is 8.43. The van der Waals surface area contributed by atoms with Gasteiger partial charge >= 0.3 is 0 Å². The number of hydrogen-bond acceptors (Lipinski definition) is 3. The molecular weight excluding hydrogens is 268 g/mol. The number of amides is 2. The van der Waals surface area contributed by atoms with Crippen molar-refractivity contribution in [2.24, 2.45) is 5.92 Å². The van der Waals surface area contributed by atoms with Gasteiger partial charge in [-0.15, -0.1) is 0 Å². The fourth-order valence-corrected chi connectivity index (χ4v) is 4.06. The van der Waals surface area contributed by atoms with E-state index < -0.39 is 6.10 Å². The van der Waals surface area contributed by atoms with E-state index in [1.807, 2.05) is 4.90 Å². The molecule has 118 valence electrons. The second kappa shape index (κ2) is 6.34. The van der Waals surface area contributed by atoms with E-state index in [0.717, 1.165) is 38.5 Å². The first kappa shape index (κ1) is 14.8. The minimum Gasteiger partial charge on any atom is -0.391 e. The van der Waals surface area contributed by atoms with E-state index in [1.54, 1.807) is 0 Å². The van der Waals surface area contributed by atoms with Crippen LogP contribution in [0.4, 0.5) is 0 Å². The zero-order valence-corrected chi connectivity index (χ0v) is 12.6. The maximum atomic E-state index is 12.4. The van der Waals surface area contributed by atoms with Crippen molar-refractivity contribution >= 4 is 11.8 Å². The average Bonchev–Trinajstić information content (AvgIpc) is 3.10. The number of hydrogen-bond donors (Lipinski definition) is 2. The van der Waals surface area contributed by atoms with Crippen LogP contribution in [0.15, 0.2) is 0 Å². The number of nitrogens with one attached hydrogen (secondary N) is 1. The van der Waals surface area contributed by atoms with E-state index >= 15 is 0 Å². The van der Waals surface area contributed by atoms with Crippen molar-refractivity contribution in [2.45, 2.75) is 76.0 Å². The summed E-state index contributed by atoms with van der Waals surface area (Å²) in [7, 11) is 0. The number of nitrogens with zero attached hydrogens (tertiary/aromatic N) is 1. The average molecular weight is 294 g/mol. The molecule has 0 aromatic heterocycles. The summed E-state index contributed by atoms with van der Waals surface area (Å²) in [6, 6.07) is 0.234. The van der Waals surface area contributed by atoms with Gasteiger partial charge < -0.3 is 15.3 Å². The van der Waals surface area contributed by atoms with Crippen molar-refractivity contribution in [3.8, 4) is 0 Å². The Bertz CT molecular complexity index is 406. The maximum Gasteiger partial charge on any atom is 0.225 e. The highest BCUT2D eigenvalue weighted by Crippen LogP contribution is 2.29. The predicted molar refractivity (Wildman–Crippen MR) is 78.5 cm³/mol. The normalized spacial score (nSPS) is 34.4. The molecule has 2 amide bonds. The van der Waals surface area contributed by atoms with Gasteiger partial charge in [-0.2, -0.15) is 0 Å². The van der Waals surface area contributed by atoms with Crippen LogP contribution in [-0.2, 0) is 9.59 Å². The minimum atomic E-state index is -0.425. The highest BCUT2D eigenvalue weighted by Gasteiger charge is 2.39. The highest BCUT2D eigenvalue weighted by molar-refractivity contribution is 5.89. The molecule has 2 saturated carbocycles. The molecule has 2 N–H and O–H groups in total. The fourth-order valence-electron chi connectivity index (χ4n) is 4.06. The third kappa shape index (κ3) is 3.23. The fraction of sp³-hybridized carbons (Fsp3) is 0.875. The summed E-state index contributed by atoms with van der Waals surface area (Å²) in [5.41, 5.74) is 0. The van der Waals surface area contributed by atoms with Gasteiger partial charge in [-0.3, -0.25) is 9.59 Å². The van der Waals surface area contributed by atoms with E-state index in [0.29, 0.717) is 19.0 Å². The maximum absolute atomic E-state index is 12.4. The van der Waals surface area contributed by atoms with Crippen molar-refractivity contribution in [1.29, 1.82) is 0 Å². The summed E-state index contributed by atoms with van der Waals surface area (Å²) in [5.74, 6) is -0.145. The number of carbonyl (C=O) groups excluding carboxylic acids is 2. The van der Waals surface area contributed by atoms with Gasteiger partial charge in [-0.1, -0.05) is 25.7 Å². The number of aliphatic hydroxyl groups excluding tert-OH is 1. The molecule has 3 aliphatic rings. The molecule has 3 rings (SSSR count). The number of carbonyl (C=O) groups is 2. The molecule has 5 heteroatoms. The Labute approximate surface area is 126 Å². The Morgan fingerprint density at radius 3 is 2.48 bits per heavy atom. The van der Waals surface area contributed by atoms with Crippen LogP contribution < -0.4 is 5.32 Å². The zero-order chi connectivity index (χ0) is 14.8. The van der Waals surface area contributed by atoms with Gasteiger partial charge in [0.2, 0.25) is 11.8 Å². The highest BCUT2D eigenvalue weighted by atomic mass is 16.3. The molecule has 0 radical (unpaired) electrons. The topological polar surface area (TPSA) is 69.6 Å². The molecule has 0 aromatic rings. The Morgan fingerprint density at radius 1 is 1.10 bits per heavy atom. The van der Waals surface area contributed by atoms with E-state index in [4.69, 9.17) is 0 Å². The smallest absolute Gasteiger partial charge is 0.225 e. The van der Waals surface area contributed by atoms with Crippen LogP contribution in [0.2, 0.25) is 0 Å². The van der Waals surface area contributed by atoms with Crippen LogP contribution in [0, 0.1) is 5.92 Å². The van der Waals surface area contributed by atoms with Crippen LogP contribution >= 0.6 is 0 Å². The molecule has 21 heavy (non-hydrogen) atoms. The second-order valence-electron chi connectivity index (χ2n) is 6.85. The Morgan fingerprint density at radius 2 is 1.76 bits per heavy atom. The van der Waals surface area contributed by atoms with Gasteiger partial charge in [-0.05, 0) is 25.7 Å². The molecule has 0 aromatic carbocycles. The Balaban J connectivity index is 1.54. The van der Waals surface area contributed by atoms with Gasteiger partial charge in [0.05, 0.1) is 18.1 Å². The summed E-state index contributed by atoms with van der Waals surface area (Å²) in [4.78, 5) is 26.4. The Hall–Kier alpha value is -1.10. The molecule has 1 heterocycles. The monoisotopic (exact) mass is 294 g/mol. The molecule has 0 bridgehead atoms. The Kier molecular flexibility index (Phi) is 4.48. The SMILES string of the molecule is O=C(N[C@@H]1CCCC[C@H]1O)C1CC(=O)N(C2CCCC2)C1. The van der Waals surface area contributed by atoms with Crippen molar-refractivity contribution in [3.05, 3.63) is 0 Å². The lowest BCUT2D eigenvalue weighted by Gasteiger charge is -2.29. The number of likely N-dealkylation sites (tertiary alicyclic amines) is 1. The van der Waals surface area contributed by atoms with Gasteiger partial charge in [-0.25, -0.2) is 0 Å². The summed E-state index contributed by atoms with van der Waals surface area (Å²) in [6.45, 7) is 0.568. The summed E-state index contributed by atoms with van der Waals surface area (Å²) < 4.78 is 0. The summed E-state index contributed by atoms with van der Waals surface area (Å²) >= 11 is 0. The number of rotatable bonds is 3. The second-order valence-corrected chi connectivity index (χ2v) is 6.85. The molecule has 3 fully saturated rings. The largest absolute Gasteiger partial charge is 0.391 e. The van der Waals surface area contributed by atoms with Gasteiger partial charge in [0.15, 0.2) is 0 Å². The molecule has 2 aliphatic carbocycles. The first-order valence-corrected chi connectivity index (χ1v) is 8.43. The van der Waals surface area contributed by atoms with Gasteiger partial charge in [0, 0.05) is 19.0 Å². The molecular formula is C16H26N2O3. The van der Waals surface area contributed by atoms with Crippen LogP contribution in [0.3, 0.4) is 0 Å². The lowest BCUT2D eigenvalue weighted by atomic mass is 9.92. The summed E-state index contributed by atoms with van der Waals surface area (Å²) in [5, 5.41) is 12.9. The van der Waals surface area contributed by atoms with Crippen molar-refractivity contribution in [2.75, 3.05) is 6.54 Å². The quantitative estimate of drug-likeness (QED) is 0.821. The molecule has 1 unspecified atom stereocenters. The van der Waals surface area contributed by atoms with Crippen molar-refractivity contribution < 1.29 is 14.7 Å². The van der Waals surface area contributed by atoms with Crippen LogP contribution in [0.5, 0.6) is 0 Å². The zero-order valence-electron chi connectivity index (χ0n) is 12.6. The van der Waals surface area contributed by atoms with E-state index in [9.17, 15) is 14.7 Å². The van der Waals surface area contributed by atoms with Gasteiger partial charge in [0.25, 0.3) is 0 Å². The molecule has 3 atom stereocenters. The van der Waals surface area contributed by atoms with E-state index in [-0.39, 0.29) is 23.8 Å². The predicted octanol–water partition coefficient (Wildman–Crippen LogP) is 1.20. The standard InChI is InChI=1S/C16H26N2O3/c19-14-8-4-3-7-13(14)17-16(21)11-9-15(20)18(10-11)12-5-1-2-6-12/h11-14,19H,1-10H2,(H,17,21)/t11?,13-,14-/m1/s1. The van der Waals surface area contributed by atoms with Crippen LogP contribution in [0.1, 0.15) is 57.8 Å². The van der Waals surface area contributed by atoms with E-state index in [2.05, 4.69) is 5.32 Å². The van der Waals surface area contributed by atoms with E-state index in [1.165, 1.54) is 12.8 Å². The number of aliphatic hydroxyl groups is 1. The molecule has 5 nitrogen and oxygen atoms in total. The van der Waals surface area contributed by atoms with Crippen molar-refractivity contribution in [3.63, 3.8) is 0 Å². The summed E-state index contributed by atoms with van der Waals surface area (Å²) in [6.07, 6.45) is 8.17. The van der Waals surface area contributed by atoms with Crippen molar-refractivity contribution in [1.82, 2.24) is 10.2 Å².